The Balaban J connectivity index is 2.57. The van der Waals surface area contributed by atoms with E-state index in [0.29, 0.717) is 5.52 Å². The van der Waals surface area contributed by atoms with Gasteiger partial charge < -0.3 is 9.84 Å². The van der Waals surface area contributed by atoms with Crippen LogP contribution in [0.15, 0.2) is 28.7 Å². The molecule has 88 valence electrons. The van der Waals surface area contributed by atoms with Crippen LogP contribution < -0.4 is 0 Å². The first kappa shape index (κ1) is 11.9. The first-order valence-electron chi connectivity index (χ1n) is 5.08. The van der Waals surface area contributed by atoms with Crippen LogP contribution in [0, 0.1) is 0 Å². The highest BCUT2D eigenvalue weighted by molar-refractivity contribution is 9.10. The van der Waals surface area contributed by atoms with Gasteiger partial charge in [-0.25, -0.2) is 9.78 Å². The monoisotopic (exact) mass is 295 g/mol. The van der Waals surface area contributed by atoms with Crippen molar-refractivity contribution < 1.29 is 14.6 Å². The van der Waals surface area contributed by atoms with Gasteiger partial charge in [-0.15, -0.1) is 0 Å². The molecule has 1 aromatic heterocycles. The van der Waals surface area contributed by atoms with Crippen molar-refractivity contribution in [3.8, 4) is 5.75 Å². The standard InChI is InChI=1S/C12H10BrNO3/c1-2-17-12(16)11-10(15)5-7-3-4-8(13)6-9(7)14-11/h3-6,15H,2H2,1H3. The molecule has 1 aromatic carbocycles. The summed E-state index contributed by atoms with van der Waals surface area (Å²) in [7, 11) is 0. The van der Waals surface area contributed by atoms with E-state index >= 15 is 0 Å². The lowest BCUT2D eigenvalue weighted by Gasteiger charge is -2.05. The molecule has 4 nitrogen and oxygen atoms in total. The summed E-state index contributed by atoms with van der Waals surface area (Å²) < 4.78 is 5.67. The van der Waals surface area contributed by atoms with Crippen LogP contribution in [0.1, 0.15) is 17.4 Å². The third-order valence-electron chi connectivity index (χ3n) is 2.23. The van der Waals surface area contributed by atoms with Crippen LogP contribution in [-0.2, 0) is 4.74 Å². The maximum Gasteiger partial charge on any atom is 0.360 e. The van der Waals surface area contributed by atoms with Gasteiger partial charge in [-0.1, -0.05) is 22.0 Å². The fourth-order valence-corrected chi connectivity index (χ4v) is 1.83. The Labute approximate surface area is 106 Å². The lowest BCUT2D eigenvalue weighted by atomic mass is 10.2. The first-order valence-corrected chi connectivity index (χ1v) is 5.87. The van der Waals surface area contributed by atoms with E-state index in [-0.39, 0.29) is 18.1 Å². The molecule has 5 heteroatoms. The van der Waals surface area contributed by atoms with Crippen LogP contribution in [0.25, 0.3) is 10.9 Å². The number of benzene rings is 1. The van der Waals surface area contributed by atoms with Crippen LogP contribution in [0.3, 0.4) is 0 Å². The number of aromatic hydroxyl groups is 1. The zero-order valence-corrected chi connectivity index (χ0v) is 10.7. The summed E-state index contributed by atoms with van der Waals surface area (Å²) in [4.78, 5) is 15.6. The second-order valence-electron chi connectivity index (χ2n) is 3.41. The average molecular weight is 296 g/mol. The number of rotatable bonds is 2. The third kappa shape index (κ3) is 2.39. The molecular weight excluding hydrogens is 286 g/mol. The minimum atomic E-state index is -0.619. The van der Waals surface area contributed by atoms with Crippen molar-refractivity contribution in [1.29, 1.82) is 0 Å². The second kappa shape index (κ2) is 4.71. The van der Waals surface area contributed by atoms with Crippen molar-refractivity contribution in [2.75, 3.05) is 6.61 Å². The van der Waals surface area contributed by atoms with Gasteiger partial charge >= 0.3 is 5.97 Å². The van der Waals surface area contributed by atoms with Crippen LogP contribution in [0.2, 0.25) is 0 Å². The smallest absolute Gasteiger partial charge is 0.360 e. The molecule has 0 radical (unpaired) electrons. The molecule has 0 bridgehead atoms. The molecule has 0 saturated carbocycles. The van der Waals surface area contributed by atoms with E-state index in [1.807, 2.05) is 6.07 Å². The van der Waals surface area contributed by atoms with Crippen molar-refractivity contribution >= 4 is 32.8 Å². The molecular formula is C12H10BrNO3. The molecule has 0 aliphatic rings. The summed E-state index contributed by atoms with van der Waals surface area (Å²) in [6.07, 6.45) is 0. The lowest BCUT2D eigenvalue weighted by Crippen LogP contribution is -2.07. The number of carbonyl (C=O) groups is 1. The molecule has 1 N–H and O–H groups in total. The number of halogens is 1. The Morgan fingerprint density at radius 3 is 2.94 bits per heavy atom. The van der Waals surface area contributed by atoms with Crippen LogP contribution in [0.4, 0.5) is 0 Å². The summed E-state index contributed by atoms with van der Waals surface area (Å²) >= 11 is 3.32. The highest BCUT2D eigenvalue weighted by atomic mass is 79.9. The summed E-state index contributed by atoms with van der Waals surface area (Å²) in [5.41, 5.74) is 0.567. The van der Waals surface area contributed by atoms with E-state index in [1.165, 1.54) is 6.07 Å². The maximum atomic E-state index is 11.5. The van der Waals surface area contributed by atoms with Crippen LogP contribution >= 0.6 is 15.9 Å². The first-order chi connectivity index (χ1) is 8.11. The van der Waals surface area contributed by atoms with Gasteiger partial charge in [0.05, 0.1) is 12.1 Å². The Hall–Kier alpha value is -1.62. The van der Waals surface area contributed by atoms with Crippen molar-refractivity contribution in [3.63, 3.8) is 0 Å². The van der Waals surface area contributed by atoms with Gasteiger partial charge in [0.15, 0.2) is 5.69 Å². The third-order valence-corrected chi connectivity index (χ3v) is 2.72. The van der Waals surface area contributed by atoms with Gasteiger partial charge in [0, 0.05) is 9.86 Å². The molecule has 0 unspecified atom stereocenters. The summed E-state index contributed by atoms with van der Waals surface area (Å²) in [5.74, 6) is -0.787. The molecule has 0 spiro atoms. The predicted octanol–water partition coefficient (Wildman–Crippen LogP) is 2.88. The molecule has 0 amide bonds. The highest BCUT2D eigenvalue weighted by Gasteiger charge is 2.15. The van der Waals surface area contributed by atoms with Crippen LogP contribution in [0.5, 0.6) is 5.75 Å². The number of hydrogen-bond acceptors (Lipinski definition) is 4. The van der Waals surface area contributed by atoms with E-state index in [0.717, 1.165) is 9.86 Å². The van der Waals surface area contributed by atoms with Gasteiger partial charge in [-0.2, -0.15) is 0 Å². The number of esters is 1. The minimum absolute atomic E-state index is 0.0579. The average Bonchev–Trinajstić information content (AvgIpc) is 2.29. The van der Waals surface area contributed by atoms with E-state index in [1.54, 1.807) is 19.1 Å². The Morgan fingerprint density at radius 1 is 1.47 bits per heavy atom. The minimum Gasteiger partial charge on any atom is -0.505 e. The number of fused-ring (bicyclic) bond motifs is 1. The van der Waals surface area contributed by atoms with Gasteiger partial charge in [-0.3, -0.25) is 0 Å². The topological polar surface area (TPSA) is 59.4 Å². The number of carbonyl (C=O) groups excluding carboxylic acids is 1. The zero-order valence-electron chi connectivity index (χ0n) is 9.11. The summed E-state index contributed by atoms with van der Waals surface area (Å²) in [5, 5.41) is 10.5. The fraction of sp³-hybridized carbons (Fsp3) is 0.167. The second-order valence-corrected chi connectivity index (χ2v) is 4.33. The number of hydrogen-bond donors (Lipinski definition) is 1. The van der Waals surface area contributed by atoms with Crippen LogP contribution in [-0.4, -0.2) is 22.7 Å². The van der Waals surface area contributed by atoms with Gasteiger partial charge in [0.1, 0.15) is 5.75 Å². The normalized spacial score (nSPS) is 10.5. The Kier molecular flexibility index (Phi) is 3.28. The number of pyridine rings is 1. The summed E-state index contributed by atoms with van der Waals surface area (Å²) in [6.45, 7) is 1.95. The number of nitrogens with zero attached hydrogens (tertiary/aromatic N) is 1. The molecule has 2 aromatic rings. The van der Waals surface area contributed by atoms with E-state index < -0.39 is 5.97 Å². The van der Waals surface area contributed by atoms with Crippen molar-refractivity contribution in [3.05, 3.63) is 34.4 Å². The van der Waals surface area contributed by atoms with E-state index in [2.05, 4.69) is 20.9 Å². The Bertz CT molecular complexity index is 583. The Morgan fingerprint density at radius 2 is 2.24 bits per heavy atom. The molecule has 0 saturated heterocycles. The highest BCUT2D eigenvalue weighted by Crippen LogP contribution is 2.24. The molecule has 17 heavy (non-hydrogen) atoms. The van der Waals surface area contributed by atoms with Gasteiger partial charge in [0.25, 0.3) is 0 Å². The van der Waals surface area contributed by atoms with Gasteiger partial charge in [-0.05, 0) is 25.1 Å². The molecule has 2 rings (SSSR count). The van der Waals surface area contributed by atoms with Gasteiger partial charge in [0.2, 0.25) is 0 Å². The molecule has 0 atom stereocenters. The molecule has 0 aliphatic heterocycles. The summed E-state index contributed by atoms with van der Waals surface area (Å²) in [6, 6.07) is 6.92. The maximum absolute atomic E-state index is 11.5. The number of aromatic nitrogens is 1. The van der Waals surface area contributed by atoms with E-state index in [9.17, 15) is 9.90 Å². The molecule has 0 aliphatic carbocycles. The quantitative estimate of drug-likeness (QED) is 0.866. The SMILES string of the molecule is CCOC(=O)c1nc2cc(Br)ccc2cc1O. The lowest BCUT2D eigenvalue weighted by molar-refractivity contribution is 0.0516. The molecule has 1 heterocycles. The predicted molar refractivity (Wildman–Crippen MR) is 67.1 cm³/mol. The van der Waals surface area contributed by atoms with Crippen molar-refractivity contribution in [1.82, 2.24) is 4.98 Å². The van der Waals surface area contributed by atoms with Crippen molar-refractivity contribution in [2.24, 2.45) is 0 Å². The zero-order chi connectivity index (χ0) is 12.4. The fourth-order valence-electron chi connectivity index (χ4n) is 1.48. The van der Waals surface area contributed by atoms with Crippen molar-refractivity contribution in [2.45, 2.75) is 6.92 Å². The number of ether oxygens (including phenoxy) is 1. The largest absolute Gasteiger partial charge is 0.505 e. The van der Waals surface area contributed by atoms with E-state index in [4.69, 9.17) is 4.74 Å². The molecule has 0 fully saturated rings.